The van der Waals surface area contributed by atoms with Crippen molar-refractivity contribution in [2.75, 3.05) is 31.3 Å². The van der Waals surface area contributed by atoms with Crippen molar-refractivity contribution in [2.24, 2.45) is 0 Å². The first kappa shape index (κ1) is 19.1. The van der Waals surface area contributed by atoms with E-state index >= 15 is 0 Å². The molecular weight excluding hydrogens is 368 g/mol. The summed E-state index contributed by atoms with van der Waals surface area (Å²) in [6.45, 7) is 3.64. The van der Waals surface area contributed by atoms with Crippen LogP contribution in [0.25, 0.3) is 0 Å². The third kappa shape index (κ3) is 5.18. The molecule has 1 aromatic heterocycles. The molecule has 0 spiro atoms. The lowest BCUT2D eigenvalue weighted by Gasteiger charge is -2.25. The lowest BCUT2D eigenvalue weighted by Crippen LogP contribution is -2.31. The molecule has 2 heterocycles. The van der Waals surface area contributed by atoms with Crippen molar-refractivity contribution in [3.63, 3.8) is 0 Å². The van der Waals surface area contributed by atoms with Crippen molar-refractivity contribution in [1.29, 1.82) is 0 Å². The molecule has 0 saturated carbocycles. The molecule has 1 aromatic carbocycles. The van der Waals surface area contributed by atoms with E-state index in [0.29, 0.717) is 5.75 Å². The number of ether oxygens (including phenoxy) is 1. The lowest BCUT2D eigenvalue weighted by atomic mass is 10.1. The van der Waals surface area contributed by atoms with E-state index in [1.807, 2.05) is 44.3 Å². The molecule has 2 unspecified atom stereocenters. The van der Waals surface area contributed by atoms with Crippen LogP contribution in [0.2, 0.25) is 0 Å². The van der Waals surface area contributed by atoms with Crippen LogP contribution in [-0.4, -0.2) is 53.1 Å². The largest absolute Gasteiger partial charge is 0.376 e. The maximum absolute atomic E-state index is 12.5. The molecule has 26 heavy (non-hydrogen) atoms. The number of carbonyl (C=O) groups excluding carboxylic acids is 1. The lowest BCUT2D eigenvalue weighted by molar-refractivity contribution is -0.128. The summed E-state index contributed by atoms with van der Waals surface area (Å²) in [5.74, 6) is 0.434. The average molecular weight is 393 g/mol. The molecule has 1 amide bonds. The van der Waals surface area contributed by atoms with E-state index in [1.165, 1.54) is 23.1 Å². The van der Waals surface area contributed by atoms with Crippen molar-refractivity contribution >= 4 is 34.1 Å². The highest BCUT2D eigenvalue weighted by Crippen LogP contribution is 2.27. The predicted molar refractivity (Wildman–Crippen MR) is 106 cm³/mol. The number of hydrogen-bond donors (Lipinski definition) is 1. The van der Waals surface area contributed by atoms with Crippen LogP contribution in [0, 0.1) is 0 Å². The first-order valence-corrected chi connectivity index (χ1v) is 10.6. The molecule has 0 aliphatic carbocycles. The zero-order valence-electron chi connectivity index (χ0n) is 15.1. The molecule has 140 valence electrons. The Morgan fingerprint density at radius 3 is 2.96 bits per heavy atom. The van der Waals surface area contributed by atoms with E-state index in [-0.39, 0.29) is 18.1 Å². The van der Waals surface area contributed by atoms with Gasteiger partial charge in [-0.2, -0.15) is 0 Å². The molecule has 0 bridgehead atoms. The van der Waals surface area contributed by atoms with Gasteiger partial charge in [-0.3, -0.25) is 4.79 Å². The molecule has 1 saturated heterocycles. The fourth-order valence-electron chi connectivity index (χ4n) is 2.74. The summed E-state index contributed by atoms with van der Waals surface area (Å²) in [4.78, 5) is 14.2. The molecule has 3 rings (SSSR count). The summed E-state index contributed by atoms with van der Waals surface area (Å²) in [6.07, 6.45) is 2.48. The number of nitrogens with one attached hydrogen (secondary N) is 1. The summed E-state index contributed by atoms with van der Waals surface area (Å²) >= 11 is 2.91. The third-order valence-electron chi connectivity index (χ3n) is 4.49. The molecule has 1 aliphatic rings. The first-order valence-electron chi connectivity index (χ1n) is 8.76. The van der Waals surface area contributed by atoms with Gasteiger partial charge in [0.05, 0.1) is 17.9 Å². The minimum Gasteiger partial charge on any atom is -0.376 e. The first-order chi connectivity index (χ1) is 12.6. The van der Waals surface area contributed by atoms with Gasteiger partial charge in [-0.05, 0) is 25.3 Å². The fourth-order valence-corrected chi connectivity index (χ4v) is 4.43. The van der Waals surface area contributed by atoms with Gasteiger partial charge in [0.25, 0.3) is 0 Å². The molecule has 1 aliphatic heterocycles. The van der Waals surface area contributed by atoms with Gasteiger partial charge in [-0.15, -0.1) is 10.2 Å². The van der Waals surface area contributed by atoms with Gasteiger partial charge in [0, 0.05) is 20.2 Å². The second-order valence-electron chi connectivity index (χ2n) is 6.27. The van der Waals surface area contributed by atoms with Crippen LogP contribution in [0.15, 0.2) is 34.7 Å². The number of nitrogens with zero attached hydrogens (tertiary/aromatic N) is 3. The summed E-state index contributed by atoms with van der Waals surface area (Å²) < 4.78 is 6.38. The van der Waals surface area contributed by atoms with Gasteiger partial charge in [-0.25, -0.2) is 0 Å². The maximum atomic E-state index is 12.5. The minimum absolute atomic E-state index is 0.0439. The number of aromatic nitrogens is 2. The van der Waals surface area contributed by atoms with Crippen LogP contribution in [0.5, 0.6) is 0 Å². The summed E-state index contributed by atoms with van der Waals surface area (Å²) in [5.41, 5.74) is 1.13. The normalized spacial score (nSPS) is 17.8. The number of rotatable bonds is 8. The average Bonchev–Trinajstić information content (AvgIpc) is 3.35. The van der Waals surface area contributed by atoms with E-state index in [2.05, 4.69) is 15.5 Å². The SMILES string of the molecule is CC(c1ccccc1)N(C)C(=O)CSc1nnc(NCC2CCCO2)s1. The van der Waals surface area contributed by atoms with Crippen LogP contribution in [0.1, 0.15) is 31.4 Å². The minimum atomic E-state index is 0.0439. The van der Waals surface area contributed by atoms with Crippen molar-refractivity contribution < 1.29 is 9.53 Å². The van der Waals surface area contributed by atoms with Gasteiger partial charge in [0.15, 0.2) is 4.34 Å². The summed E-state index contributed by atoms with van der Waals surface area (Å²) in [6, 6.07) is 10.1. The Labute approximate surface area is 162 Å². The highest BCUT2D eigenvalue weighted by atomic mass is 32.2. The van der Waals surface area contributed by atoms with Gasteiger partial charge < -0.3 is 15.0 Å². The molecular formula is C18H24N4O2S2. The summed E-state index contributed by atoms with van der Waals surface area (Å²) in [7, 11) is 1.84. The van der Waals surface area contributed by atoms with E-state index in [4.69, 9.17) is 4.74 Å². The van der Waals surface area contributed by atoms with Crippen LogP contribution < -0.4 is 5.32 Å². The Bertz CT molecular complexity index is 704. The number of carbonyl (C=O) groups is 1. The highest BCUT2D eigenvalue weighted by molar-refractivity contribution is 8.01. The van der Waals surface area contributed by atoms with Crippen LogP contribution in [0.3, 0.4) is 0 Å². The Balaban J connectivity index is 1.45. The van der Waals surface area contributed by atoms with Crippen LogP contribution in [-0.2, 0) is 9.53 Å². The Morgan fingerprint density at radius 1 is 1.42 bits per heavy atom. The number of amides is 1. The quantitative estimate of drug-likeness (QED) is 0.694. The third-order valence-corrected chi connectivity index (χ3v) is 6.49. The van der Waals surface area contributed by atoms with Gasteiger partial charge >= 0.3 is 0 Å². The molecule has 0 radical (unpaired) electrons. The zero-order valence-corrected chi connectivity index (χ0v) is 16.7. The van der Waals surface area contributed by atoms with E-state index in [9.17, 15) is 4.79 Å². The van der Waals surface area contributed by atoms with Crippen molar-refractivity contribution in [3.05, 3.63) is 35.9 Å². The second kappa shape index (κ2) is 9.34. The predicted octanol–water partition coefficient (Wildman–Crippen LogP) is 3.44. The Morgan fingerprint density at radius 2 is 2.23 bits per heavy atom. The van der Waals surface area contributed by atoms with E-state index < -0.39 is 0 Å². The zero-order chi connectivity index (χ0) is 18.4. The number of anilines is 1. The fraction of sp³-hybridized carbons (Fsp3) is 0.500. The molecule has 2 atom stereocenters. The molecule has 2 aromatic rings. The molecule has 1 N–H and O–H groups in total. The van der Waals surface area contributed by atoms with E-state index in [1.54, 1.807) is 4.90 Å². The maximum Gasteiger partial charge on any atom is 0.233 e. The Hall–Kier alpha value is -1.64. The van der Waals surface area contributed by atoms with Crippen molar-refractivity contribution in [1.82, 2.24) is 15.1 Å². The van der Waals surface area contributed by atoms with Crippen molar-refractivity contribution in [3.8, 4) is 0 Å². The standard InChI is InChI=1S/C18H24N4O2S2/c1-13(14-7-4-3-5-8-14)22(2)16(23)12-25-18-21-20-17(26-18)19-11-15-9-6-10-24-15/h3-5,7-8,13,15H,6,9-12H2,1-2H3,(H,19,20). The summed E-state index contributed by atoms with van der Waals surface area (Å²) in [5, 5.41) is 12.3. The Kier molecular flexibility index (Phi) is 6.87. The van der Waals surface area contributed by atoms with E-state index in [0.717, 1.165) is 41.0 Å². The second-order valence-corrected chi connectivity index (χ2v) is 8.47. The number of benzene rings is 1. The highest BCUT2D eigenvalue weighted by Gasteiger charge is 2.19. The van der Waals surface area contributed by atoms with Gasteiger partial charge in [0.2, 0.25) is 11.0 Å². The number of hydrogen-bond acceptors (Lipinski definition) is 7. The number of thioether (sulfide) groups is 1. The van der Waals surface area contributed by atoms with Crippen molar-refractivity contribution in [2.45, 2.75) is 36.3 Å². The topological polar surface area (TPSA) is 67.4 Å². The monoisotopic (exact) mass is 392 g/mol. The van der Waals surface area contributed by atoms with Gasteiger partial charge in [0.1, 0.15) is 0 Å². The molecule has 6 nitrogen and oxygen atoms in total. The molecule has 1 fully saturated rings. The van der Waals surface area contributed by atoms with Crippen LogP contribution >= 0.6 is 23.1 Å². The molecule has 8 heteroatoms. The van der Waals surface area contributed by atoms with Gasteiger partial charge in [-0.1, -0.05) is 53.4 Å². The van der Waals surface area contributed by atoms with Crippen LogP contribution in [0.4, 0.5) is 5.13 Å². The smallest absolute Gasteiger partial charge is 0.233 e.